The van der Waals surface area contributed by atoms with Crippen molar-refractivity contribution < 1.29 is 38.6 Å². The van der Waals surface area contributed by atoms with Crippen LogP contribution >= 0.6 is 0 Å². The van der Waals surface area contributed by atoms with Gasteiger partial charge in [-0.05, 0) is 36.4 Å². The monoisotopic (exact) mass is 424 g/mol. The maximum atomic E-state index is 13.0. The minimum atomic E-state index is -1.19. The maximum Gasteiger partial charge on any atom is 0.341 e. The van der Waals surface area contributed by atoms with Crippen LogP contribution in [-0.4, -0.2) is 48.6 Å². The third kappa shape index (κ3) is 4.58. The minimum Gasteiger partial charge on any atom is -0.481 e. The van der Waals surface area contributed by atoms with Crippen LogP contribution in [-0.2, 0) is 19.1 Å². The highest BCUT2D eigenvalue weighted by Crippen LogP contribution is 2.25. The normalized spacial score (nSPS) is 14.9. The van der Waals surface area contributed by atoms with E-state index in [0.29, 0.717) is 0 Å². The lowest BCUT2D eigenvalue weighted by molar-refractivity contribution is -0.139. The molecule has 0 aliphatic carbocycles. The van der Waals surface area contributed by atoms with Crippen molar-refractivity contribution in [2.45, 2.75) is 0 Å². The summed E-state index contributed by atoms with van der Waals surface area (Å²) in [6, 6.07) is 10.7. The largest absolute Gasteiger partial charge is 0.481 e. The Kier molecular flexibility index (Phi) is 6.10. The number of nitrogens with one attached hydrogen (secondary N) is 1. The maximum absolute atomic E-state index is 13.0. The number of esters is 1. The summed E-state index contributed by atoms with van der Waals surface area (Å²) in [4.78, 5) is 60.6. The molecule has 1 saturated heterocycles. The molecule has 0 radical (unpaired) electrons. The second-order valence-corrected chi connectivity index (χ2v) is 6.22. The summed E-state index contributed by atoms with van der Waals surface area (Å²) in [6.45, 7) is -0.614. The van der Waals surface area contributed by atoms with Crippen molar-refractivity contribution in [2.24, 2.45) is 0 Å². The number of amides is 4. The lowest BCUT2D eigenvalue weighted by Gasteiger charge is -2.26. The second kappa shape index (κ2) is 8.91. The Morgan fingerprint density at radius 2 is 1.74 bits per heavy atom. The molecule has 3 rings (SSSR count). The molecule has 1 aliphatic rings. The number of urea groups is 1. The first-order valence-corrected chi connectivity index (χ1v) is 8.85. The topological polar surface area (TPSA) is 139 Å². The molecular formula is C21H16N2O8. The van der Waals surface area contributed by atoms with Crippen molar-refractivity contribution >= 4 is 41.5 Å². The van der Waals surface area contributed by atoms with Crippen molar-refractivity contribution in [1.29, 1.82) is 0 Å². The number of imide groups is 2. The molecule has 4 amide bonds. The Labute approximate surface area is 175 Å². The van der Waals surface area contributed by atoms with Crippen LogP contribution in [0.1, 0.15) is 15.9 Å². The summed E-state index contributed by atoms with van der Waals surface area (Å²) in [5.74, 6) is -3.45. The van der Waals surface area contributed by atoms with Gasteiger partial charge in [0, 0.05) is 5.56 Å². The number of ether oxygens (including phenoxy) is 2. The first-order valence-electron chi connectivity index (χ1n) is 8.85. The van der Waals surface area contributed by atoms with Crippen LogP contribution in [0.2, 0.25) is 0 Å². The van der Waals surface area contributed by atoms with Crippen LogP contribution in [0.4, 0.5) is 10.5 Å². The zero-order valence-electron chi connectivity index (χ0n) is 16.2. The average molecular weight is 424 g/mol. The van der Waals surface area contributed by atoms with E-state index < -0.39 is 36.4 Å². The summed E-state index contributed by atoms with van der Waals surface area (Å²) >= 11 is 0. The van der Waals surface area contributed by atoms with Gasteiger partial charge in [-0.2, -0.15) is 0 Å². The molecule has 2 aromatic carbocycles. The van der Waals surface area contributed by atoms with Crippen LogP contribution in [0.5, 0.6) is 5.75 Å². The fourth-order valence-corrected chi connectivity index (χ4v) is 2.78. The number of aliphatic carboxylic acids is 1. The SMILES string of the molecule is COC(=O)c1ccc(N2C(=O)NC(=O)/C(=C/c3ccccc3OCC(=O)O)C2=O)cc1. The molecule has 1 fully saturated rings. The first kappa shape index (κ1) is 21.2. The number of hydrogen-bond acceptors (Lipinski definition) is 7. The summed E-state index contributed by atoms with van der Waals surface area (Å²) < 4.78 is 9.78. The van der Waals surface area contributed by atoms with Gasteiger partial charge in [0.25, 0.3) is 11.8 Å². The Morgan fingerprint density at radius 1 is 1.06 bits per heavy atom. The lowest BCUT2D eigenvalue weighted by Crippen LogP contribution is -2.54. The van der Waals surface area contributed by atoms with Crippen molar-refractivity contribution in [3.63, 3.8) is 0 Å². The van der Waals surface area contributed by atoms with E-state index in [2.05, 4.69) is 10.1 Å². The summed E-state index contributed by atoms with van der Waals surface area (Å²) in [5, 5.41) is 10.9. The third-order valence-electron chi connectivity index (χ3n) is 4.22. The van der Waals surface area contributed by atoms with Crippen molar-refractivity contribution in [1.82, 2.24) is 5.32 Å². The van der Waals surface area contributed by atoms with Crippen molar-refractivity contribution in [2.75, 3.05) is 18.6 Å². The number of carbonyl (C=O) groups excluding carboxylic acids is 4. The van der Waals surface area contributed by atoms with E-state index in [-0.39, 0.29) is 28.1 Å². The van der Waals surface area contributed by atoms with Gasteiger partial charge < -0.3 is 14.6 Å². The molecule has 0 spiro atoms. The van der Waals surface area contributed by atoms with Gasteiger partial charge in [0.15, 0.2) is 6.61 Å². The highest BCUT2D eigenvalue weighted by molar-refractivity contribution is 6.39. The zero-order chi connectivity index (χ0) is 22.5. The minimum absolute atomic E-state index is 0.129. The van der Waals surface area contributed by atoms with Gasteiger partial charge in [0.2, 0.25) is 0 Å². The highest BCUT2D eigenvalue weighted by Gasteiger charge is 2.37. The van der Waals surface area contributed by atoms with Crippen LogP contribution in [0.15, 0.2) is 54.1 Å². The van der Waals surface area contributed by atoms with E-state index in [9.17, 15) is 24.0 Å². The van der Waals surface area contributed by atoms with E-state index in [4.69, 9.17) is 9.84 Å². The number of benzene rings is 2. The fourth-order valence-electron chi connectivity index (χ4n) is 2.78. The number of carboxylic acids is 1. The smallest absolute Gasteiger partial charge is 0.341 e. The Hall–Kier alpha value is -4.47. The average Bonchev–Trinajstić information content (AvgIpc) is 2.75. The van der Waals surface area contributed by atoms with Crippen molar-refractivity contribution in [3.8, 4) is 5.75 Å². The molecule has 2 N–H and O–H groups in total. The molecule has 0 unspecified atom stereocenters. The second-order valence-electron chi connectivity index (χ2n) is 6.22. The number of para-hydroxylation sites is 1. The molecule has 2 aromatic rings. The van der Waals surface area contributed by atoms with Gasteiger partial charge >= 0.3 is 18.0 Å². The van der Waals surface area contributed by atoms with Crippen molar-refractivity contribution in [3.05, 3.63) is 65.2 Å². The van der Waals surface area contributed by atoms with E-state index in [1.807, 2.05) is 0 Å². The van der Waals surface area contributed by atoms with E-state index in [0.717, 1.165) is 4.90 Å². The van der Waals surface area contributed by atoms with E-state index >= 15 is 0 Å². The number of rotatable bonds is 6. The molecule has 31 heavy (non-hydrogen) atoms. The molecule has 10 nitrogen and oxygen atoms in total. The van der Waals surface area contributed by atoms with Gasteiger partial charge in [-0.25, -0.2) is 19.3 Å². The van der Waals surface area contributed by atoms with Crippen LogP contribution in [0.25, 0.3) is 6.08 Å². The molecule has 0 atom stereocenters. The molecule has 10 heteroatoms. The fraction of sp³-hybridized carbons (Fsp3) is 0.0952. The molecule has 0 bridgehead atoms. The van der Waals surface area contributed by atoms with Gasteiger partial charge in [0.05, 0.1) is 18.4 Å². The highest BCUT2D eigenvalue weighted by atomic mass is 16.5. The molecule has 0 aromatic heterocycles. The predicted molar refractivity (Wildman–Crippen MR) is 106 cm³/mol. The Morgan fingerprint density at radius 3 is 2.39 bits per heavy atom. The number of hydrogen-bond donors (Lipinski definition) is 2. The van der Waals surface area contributed by atoms with E-state index in [1.54, 1.807) is 12.1 Å². The number of anilines is 1. The zero-order valence-corrected chi connectivity index (χ0v) is 16.2. The standard InChI is InChI=1S/C21H16N2O8/c1-30-20(28)12-6-8-14(9-7-12)23-19(27)15(18(26)22-21(23)29)10-13-4-2-3-5-16(13)31-11-17(24)25/h2-10H,11H2,1H3,(H,24,25)(H,22,26,29)/b15-10-. The number of carboxylic acid groups (broad SMARTS) is 1. The molecule has 1 aliphatic heterocycles. The number of methoxy groups -OCH3 is 1. The lowest BCUT2D eigenvalue weighted by atomic mass is 10.1. The molecular weight excluding hydrogens is 408 g/mol. The third-order valence-corrected chi connectivity index (χ3v) is 4.22. The predicted octanol–water partition coefficient (Wildman–Crippen LogP) is 1.60. The first-order chi connectivity index (χ1) is 14.8. The number of nitrogens with zero attached hydrogens (tertiary/aromatic N) is 1. The quantitative estimate of drug-likeness (QED) is 0.405. The Balaban J connectivity index is 1.95. The van der Waals surface area contributed by atoms with Crippen LogP contribution in [0.3, 0.4) is 0 Å². The summed E-state index contributed by atoms with van der Waals surface area (Å²) in [7, 11) is 1.22. The molecule has 1 heterocycles. The van der Waals surface area contributed by atoms with E-state index in [1.165, 1.54) is 49.6 Å². The number of carbonyl (C=O) groups is 5. The molecule has 0 saturated carbocycles. The Bertz CT molecular complexity index is 1100. The van der Waals surface area contributed by atoms with Gasteiger partial charge in [-0.3, -0.25) is 14.9 Å². The van der Waals surface area contributed by atoms with Crippen LogP contribution in [0, 0.1) is 0 Å². The van der Waals surface area contributed by atoms with Crippen LogP contribution < -0.4 is 15.0 Å². The summed E-state index contributed by atoms with van der Waals surface area (Å²) in [6.07, 6.45) is 1.21. The summed E-state index contributed by atoms with van der Waals surface area (Å²) in [5.41, 5.74) is 0.261. The van der Waals surface area contributed by atoms with Gasteiger partial charge in [0.1, 0.15) is 11.3 Å². The van der Waals surface area contributed by atoms with Gasteiger partial charge in [-0.15, -0.1) is 0 Å². The number of barbiturate groups is 1. The van der Waals surface area contributed by atoms with Gasteiger partial charge in [-0.1, -0.05) is 18.2 Å². The molecule has 158 valence electrons.